The SMILES string of the molecule is CCCNC[C@]1(O)[C@H](C)O[C@@H](O[C@H]2[C@H](C)[C@@H](O[C@@H]3O[C@H](C)C[C@H](N(C)S(=O)(=O)N(C)C)[C@H]3O)[C@](C)(O)C[C@@H](C)CN[C@H](C)[C@@H](O)[C@](C)(O)[C@@H](CC)OC(=O)[C@@H]2C)C[C@@]1(C)OC. The lowest BCUT2D eigenvalue weighted by Crippen LogP contribution is -2.70. The number of nitrogens with zero attached hydrogens (tertiary/aromatic N) is 2. The van der Waals surface area contributed by atoms with E-state index in [1.807, 2.05) is 13.8 Å². The largest absolute Gasteiger partial charge is 0.459 e. The number of likely N-dealkylation sites (N-methyl/N-ethyl adjacent to an activating group) is 1. The van der Waals surface area contributed by atoms with Gasteiger partial charge in [-0.25, -0.2) is 0 Å². The quantitative estimate of drug-likeness (QED) is 0.101. The van der Waals surface area contributed by atoms with Crippen LogP contribution in [0.1, 0.15) is 108 Å². The average Bonchev–Trinajstić information content (AvgIpc) is 3.18. The van der Waals surface area contributed by atoms with Gasteiger partial charge in [0.05, 0.1) is 42.0 Å². The first-order valence-electron chi connectivity index (χ1n) is 22.1. The van der Waals surface area contributed by atoms with Crippen molar-refractivity contribution >= 4 is 16.2 Å². The lowest BCUT2D eigenvalue weighted by Gasteiger charge is -2.53. The molecular weight excluding hydrogens is 817 g/mol. The Hall–Kier alpha value is -1.14. The molecule has 3 heterocycles. The van der Waals surface area contributed by atoms with Gasteiger partial charge in [-0.1, -0.05) is 27.7 Å². The van der Waals surface area contributed by atoms with Crippen molar-refractivity contribution in [3.8, 4) is 0 Å². The fourth-order valence-electron chi connectivity index (χ4n) is 9.48. The van der Waals surface area contributed by atoms with Gasteiger partial charge in [0.15, 0.2) is 12.6 Å². The monoisotopic (exact) mass is 899 g/mol. The molecule has 0 bridgehead atoms. The molecule has 7 N–H and O–H groups in total. The van der Waals surface area contributed by atoms with Crippen LogP contribution >= 0.6 is 0 Å². The molecule has 3 rings (SSSR count). The maximum absolute atomic E-state index is 14.4. The maximum Gasteiger partial charge on any atom is 0.311 e. The van der Waals surface area contributed by atoms with E-state index < -0.39 is 118 Å². The van der Waals surface area contributed by atoms with Crippen molar-refractivity contribution in [2.45, 2.75) is 198 Å². The van der Waals surface area contributed by atoms with Crippen LogP contribution in [0.15, 0.2) is 0 Å². The Morgan fingerprint density at radius 1 is 0.951 bits per heavy atom. The molecule has 18 nitrogen and oxygen atoms in total. The van der Waals surface area contributed by atoms with E-state index in [1.165, 1.54) is 35.2 Å². The van der Waals surface area contributed by atoms with Crippen LogP contribution in [-0.4, -0.2) is 186 Å². The van der Waals surface area contributed by atoms with Crippen molar-refractivity contribution in [2.75, 3.05) is 47.9 Å². The number of aliphatic hydroxyl groups excluding tert-OH is 2. The lowest BCUT2D eigenvalue weighted by molar-refractivity contribution is -0.336. The zero-order valence-corrected chi connectivity index (χ0v) is 40.3. The van der Waals surface area contributed by atoms with E-state index in [-0.39, 0.29) is 38.1 Å². The van der Waals surface area contributed by atoms with Crippen molar-refractivity contribution in [1.29, 1.82) is 0 Å². The van der Waals surface area contributed by atoms with E-state index in [4.69, 9.17) is 28.4 Å². The topological polar surface area (TPSA) is 238 Å². The molecule has 0 aromatic carbocycles. The summed E-state index contributed by atoms with van der Waals surface area (Å²) in [4.78, 5) is 14.4. The van der Waals surface area contributed by atoms with E-state index in [2.05, 4.69) is 10.6 Å². The van der Waals surface area contributed by atoms with Crippen molar-refractivity contribution in [3.05, 3.63) is 0 Å². The fraction of sp³-hybridized carbons (Fsp3) is 0.976. The number of nitrogens with one attached hydrogen (secondary N) is 2. The molecule has 0 spiro atoms. The molecule has 0 radical (unpaired) electrons. The van der Waals surface area contributed by atoms with Crippen LogP contribution in [0.4, 0.5) is 0 Å². The molecule has 0 saturated carbocycles. The van der Waals surface area contributed by atoms with E-state index in [0.29, 0.717) is 13.1 Å². The summed E-state index contributed by atoms with van der Waals surface area (Å²) in [6, 6.07) is -1.62. The predicted octanol–water partition coefficient (Wildman–Crippen LogP) is 1.10. The zero-order chi connectivity index (χ0) is 46.6. The molecule has 19 heteroatoms. The number of cyclic esters (lactones) is 1. The van der Waals surface area contributed by atoms with Crippen LogP contribution < -0.4 is 10.6 Å². The number of carbonyl (C=O) groups is 1. The molecule has 360 valence electrons. The van der Waals surface area contributed by atoms with Gasteiger partial charge in [-0.2, -0.15) is 17.0 Å². The number of rotatable bonds is 13. The number of carbonyl (C=O) groups excluding carboxylic acids is 1. The number of ether oxygens (including phenoxy) is 6. The summed E-state index contributed by atoms with van der Waals surface area (Å²) in [6.07, 6.45) is -9.02. The third-order valence-electron chi connectivity index (χ3n) is 13.6. The van der Waals surface area contributed by atoms with Crippen LogP contribution in [0.2, 0.25) is 0 Å². The molecule has 3 aliphatic rings. The highest BCUT2D eigenvalue weighted by atomic mass is 32.2. The van der Waals surface area contributed by atoms with Crippen LogP contribution in [0, 0.1) is 17.8 Å². The molecular formula is C42H82N4O14S. The van der Waals surface area contributed by atoms with Gasteiger partial charge in [-0.05, 0) is 93.2 Å². The Morgan fingerprint density at radius 3 is 2.13 bits per heavy atom. The lowest BCUT2D eigenvalue weighted by atomic mass is 9.75. The average molecular weight is 899 g/mol. The summed E-state index contributed by atoms with van der Waals surface area (Å²) in [5.41, 5.74) is -6.28. The first-order chi connectivity index (χ1) is 28.1. The first kappa shape index (κ1) is 54.2. The summed E-state index contributed by atoms with van der Waals surface area (Å²) in [5.74, 6) is -3.08. The van der Waals surface area contributed by atoms with Gasteiger partial charge >= 0.3 is 5.97 Å². The van der Waals surface area contributed by atoms with Gasteiger partial charge < -0.3 is 64.6 Å². The molecule has 0 unspecified atom stereocenters. The minimum atomic E-state index is -3.97. The number of hydrogen-bond donors (Lipinski definition) is 7. The number of aliphatic hydroxyl groups is 5. The van der Waals surface area contributed by atoms with Crippen LogP contribution in [0.5, 0.6) is 0 Å². The van der Waals surface area contributed by atoms with Crippen molar-refractivity contribution in [2.24, 2.45) is 17.8 Å². The minimum absolute atomic E-state index is 0.0282. The van der Waals surface area contributed by atoms with Gasteiger partial charge in [0.1, 0.15) is 35.1 Å². The molecule has 61 heavy (non-hydrogen) atoms. The summed E-state index contributed by atoms with van der Waals surface area (Å²) in [6.45, 7) is 20.1. The zero-order valence-electron chi connectivity index (χ0n) is 39.5. The molecule has 0 amide bonds. The highest BCUT2D eigenvalue weighted by Crippen LogP contribution is 2.43. The van der Waals surface area contributed by atoms with Crippen molar-refractivity contribution < 1.29 is 67.2 Å². The van der Waals surface area contributed by atoms with E-state index in [0.717, 1.165) is 15.0 Å². The highest BCUT2D eigenvalue weighted by Gasteiger charge is 2.58. The Bertz CT molecular complexity index is 1510. The summed E-state index contributed by atoms with van der Waals surface area (Å²) in [7, 11) is 1.70. The first-order valence-corrected chi connectivity index (χ1v) is 23.5. The standard InChI is InChI=1S/C42H82N4O14S/c1-16-18-43-23-42(52)29(8)57-32(21-40(42,10)55-15)59-34-26(5)36(60-38-33(47)30(19-25(4)56-38)46(14)61(53,54)45(12)13)39(9,50)20-24(3)22-44-28(7)35(48)41(11,51)31(17-2)58-37(49)27(34)6/h24-36,38,43-44,47-48,50-52H,16-23H2,1-15H3/t24-,25-,26+,27-,28-,29+,30+,31-,32+,33-,34+,35-,36-,38+,39-,40-,41-,42+/m1/s1. The number of methoxy groups -OCH3 is 1. The van der Waals surface area contributed by atoms with Gasteiger partial charge in [0.25, 0.3) is 10.2 Å². The fourth-order valence-corrected chi connectivity index (χ4v) is 10.6. The Labute approximate surface area is 365 Å². The minimum Gasteiger partial charge on any atom is -0.459 e. The van der Waals surface area contributed by atoms with Crippen molar-refractivity contribution in [1.82, 2.24) is 19.2 Å². The third-order valence-corrected chi connectivity index (χ3v) is 15.6. The van der Waals surface area contributed by atoms with Crippen LogP contribution in [0.25, 0.3) is 0 Å². The molecule has 18 atom stereocenters. The molecule has 3 saturated heterocycles. The van der Waals surface area contributed by atoms with Crippen LogP contribution in [0.3, 0.4) is 0 Å². The van der Waals surface area contributed by atoms with E-state index in [9.17, 15) is 38.7 Å². The van der Waals surface area contributed by atoms with Crippen LogP contribution in [-0.2, 0) is 43.4 Å². The second-order valence-corrected chi connectivity index (χ2v) is 21.2. The normalized spacial score (nSPS) is 45.3. The number of hydrogen-bond acceptors (Lipinski definition) is 16. The van der Waals surface area contributed by atoms with Gasteiger partial charge in [0.2, 0.25) is 0 Å². The van der Waals surface area contributed by atoms with Crippen molar-refractivity contribution in [3.63, 3.8) is 0 Å². The molecule has 3 fully saturated rings. The van der Waals surface area contributed by atoms with E-state index >= 15 is 0 Å². The molecule has 0 aliphatic carbocycles. The molecule has 0 aromatic rings. The third kappa shape index (κ3) is 12.0. The second-order valence-electron chi connectivity index (χ2n) is 19.0. The van der Waals surface area contributed by atoms with Gasteiger partial charge in [-0.15, -0.1) is 0 Å². The van der Waals surface area contributed by atoms with Gasteiger partial charge in [-0.3, -0.25) is 4.79 Å². The molecule has 3 aliphatic heterocycles. The summed E-state index contributed by atoms with van der Waals surface area (Å²) < 4.78 is 66.9. The molecule has 0 aromatic heterocycles. The van der Waals surface area contributed by atoms with Gasteiger partial charge in [0, 0.05) is 53.2 Å². The highest BCUT2D eigenvalue weighted by molar-refractivity contribution is 7.86. The summed E-state index contributed by atoms with van der Waals surface area (Å²) in [5, 5.41) is 66.2. The summed E-state index contributed by atoms with van der Waals surface area (Å²) >= 11 is 0. The Morgan fingerprint density at radius 2 is 1.57 bits per heavy atom. The number of esters is 1. The predicted molar refractivity (Wildman–Crippen MR) is 228 cm³/mol. The Kier molecular flexibility index (Phi) is 19.1. The Balaban J connectivity index is 2.20. The van der Waals surface area contributed by atoms with E-state index in [1.54, 1.807) is 55.4 Å². The maximum atomic E-state index is 14.4. The second kappa shape index (κ2) is 21.4. The smallest absolute Gasteiger partial charge is 0.311 e.